The van der Waals surface area contributed by atoms with Crippen LogP contribution in [0.2, 0.25) is 10.0 Å². The molecule has 2 aliphatic rings. The van der Waals surface area contributed by atoms with Gasteiger partial charge in [-0.05, 0) is 38.1 Å². The lowest BCUT2D eigenvalue weighted by atomic mass is 9.58. The maximum atomic E-state index is 10.3. The summed E-state index contributed by atoms with van der Waals surface area (Å²) in [7, 11) is 0. The van der Waals surface area contributed by atoms with E-state index in [0.717, 1.165) is 44.5 Å². The molecule has 6 heteroatoms. The fourth-order valence-corrected chi connectivity index (χ4v) is 4.38. The van der Waals surface area contributed by atoms with Gasteiger partial charge in [0.2, 0.25) is 0 Å². The Morgan fingerprint density at radius 3 is 2.48 bits per heavy atom. The number of aliphatic hydroxyl groups is 1. The molecule has 4 nitrogen and oxygen atoms in total. The molecule has 0 amide bonds. The number of nitrogens with two attached hydrogens (primary N) is 1. The smallest absolute Gasteiger partial charge is 0.0682 e. The molecule has 128 valence electrons. The van der Waals surface area contributed by atoms with Crippen LogP contribution in [0.5, 0.6) is 0 Å². The number of likely N-dealkylation sites (tertiary alicyclic amines) is 1. The van der Waals surface area contributed by atoms with Gasteiger partial charge in [0.25, 0.3) is 0 Å². The minimum absolute atomic E-state index is 0.0874. The molecule has 3 N–H and O–H groups in total. The second-order valence-electron chi connectivity index (χ2n) is 6.61. The molecule has 0 bridgehead atoms. The van der Waals surface area contributed by atoms with E-state index >= 15 is 0 Å². The summed E-state index contributed by atoms with van der Waals surface area (Å²) >= 11 is 12.5. The van der Waals surface area contributed by atoms with E-state index < -0.39 is 0 Å². The van der Waals surface area contributed by atoms with Gasteiger partial charge in [-0.3, -0.25) is 4.90 Å². The van der Waals surface area contributed by atoms with Crippen LogP contribution in [0.25, 0.3) is 0 Å². The molecule has 0 aromatic heterocycles. The lowest BCUT2D eigenvalue weighted by Crippen LogP contribution is -2.62. The first-order valence-corrected chi connectivity index (χ1v) is 8.97. The summed E-state index contributed by atoms with van der Waals surface area (Å²) in [4.78, 5) is 2.35. The summed E-state index contributed by atoms with van der Waals surface area (Å²) in [6.45, 7) is 3.68. The summed E-state index contributed by atoms with van der Waals surface area (Å²) < 4.78 is 5.84. The number of hydrogen-bond acceptors (Lipinski definition) is 4. The van der Waals surface area contributed by atoms with Crippen LogP contribution < -0.4 is 5.73 Å². The Bertz CT molecular complexity index is 527. The molecule has 1 aliphatic carbocycles. The Hall–Kier alpha value is -0.360. The van der Waals surface area contributed by atoms with Crippen LogP contribution >= 0.6 is 23.2 Å². The lowest BCUT2D eigenvalue weighted by molar-refractivity contribution is -0.210. The predicted octanol–water partition coefficient (Wildman–Crippen LogP) is 2.68. The molecule has 2 atom stereocenters. The number of nitrogens with zero attached hydrogens (tertiary/aromatic N) is 1. The van der Waals surface area contributed by atoms with Crippen LogP contribution in [-0.2, 0) is 11.3 Å². The predicted molar refractivity (Wildman–Crippen MR) is 92.8 cm³/mol. The van der Waals surface area contributed by atoms with E-state index in [1.165, 1.54) is 0 Å². The van der Waals surface area contributed by atoms with Crippen molar-refractivity contribution < 1.29 is 9.84 Å². The monoisotopic (exact) mass is 358 g/mol. The third-order valence-corrected chi connectivity index (χ3v) is 6.12. The van der Waals surface area contributed by atoms with Gasteiger partial charge in [-0.1, -0.05) is 29.3 Å². The van der Waals surface area contributed by atoms with Crippen LogP contribution in [0.15, 0.2) is 18.2 Å². The van der Waals surface area contributed by atoms with Gasteiger partial charge in [-0.25, -0.2) is 0 Å². The van der Waals surface area contributed by atoms with Gasteiger partial charge in [0.15, 0.2) is 0 Å². The average molecular weight is 359 g/mol. The van der Waals surface area contributed by atoms with E-state index in [0.29, 0.717) is 23.2 Å². The maximum Gasteiger partial charge on any atom is 0.0682 e. The van der Waals surface area contributed by atoms with Gasteiger partial charge < -0.3 is 15.6 Å². The fourth-order valence-electron chi connectivity index (χ4n) is 3.86. The van der Waals surface area contributed by atoms with Crippen molar-refractivity contribution in [1.29, 1.82) is 0 Å². The van der Waals surface area contributed by atoms with Crippen molar-refractivity contribution in [2.75, 3.05) is 26.2 Å². The van der Waals surface area contributed by atoms with Crippen molar-refractivity contribution in [2.24, 2.45) is 11.1 Å². The van der Waals surface area contributed by atoms with E-state index in [4.69, 9.17) is 33.7 Å². The number of piperidine rings is 1. The molecular weight excluding hydrogens is 335 g/mol. The first-order valence-electron chi connectivity index (χ1n) is 8.22. The first kappa shape index (κ1) is 17.5. The lowest BCUT2D eigenvalue weighted by Gasteiger charge is -2.56. The highest BCUT2D eigenvalue weighted by molar-refractivity contribution is 6.35. The number of ether oxygens (including phenoxy) is 1. The molecule has 2 fully saturated rings. The van der Waals surface area contributed by atoms with Crippen LogP contribution in [0, 0.1) is 5.41 Å². The van der Waals surface area contributed by atoms with Gasteiger partial charge in [0.1, 0.15) is 0 Å². The minimum atomic E-state index is -0.253. The molecule has 0 radical (unpaired) electrons. The Labute approximate surface area is 147 Å². The molecule has 3 rings (SSSR count). The van der Waals surface area contributed by atoms with Crippen molar-refractivity contribution in [2.45, 2.75) is 38.0 Å². The SMILES string of the molecule is NCCO[C@H]1C[C@@H](O)C12CCN(Cc1c(Cl)cccc1Cl)CC2. The zero-order chi connectivity index (χ0) is 16.4. The quantitative estimate of drug-likeness (QED) is 0.849. The second-order valence-corrected chi connectivity index (χ2v) is 7.42. The summed E-state index contributed by atoms with van der Waals surface area (Å²) in [5, 5.41) is 11.7. The topological polar surface area (TPSA) is 58.7 Å². The Kier molecular flexibility index (Phi) is 5.51. The molecular formula is C17H24Cl2N2O2. The molecule has 1 saturated carbocycles. The largest absolute Gasteiger partial charge is 0.392 e. The molecule has 0 unspecified atom stereocenters. The van der Waals surface area contributed by atoms with E-state index in [2.05, 4.69) is 4.90 Å². The van der Waals surface area contributed by atoms with Gasteiger partial charge in [0, 0.05) is 40.5 Å². The molecule has 23 heavy (non-hydrogen) atoms. The Morgan fingerprint density at radius 2 is 1.91 bits per heavy atom. The van der Waals surface area contributed by atoms with Crippen molar-refractivity contribution in [3.05, 3.63) is 33.8 Å². The zero-order valence-electron chi connectivity index (χ0n) is 13.2. The van der Waals surface area contributed by atoms with E-state index in [9.17, 15) is 5.11 Å². The number of rotatable bonds is 5. The van der Waals surface area contributed by atoms with Crippen molar-refractivity contribution >= 4 is 23.2 Å². The average Bonchev–Trinajstić information content (AvgIpc) is 2.55. The fraction of sp³-hybridized carbons (Fsp3) is 0.647. The molecule has 1 saturated heterocycles. The van der Waals surface area contributed by atoms with Crippen molar-refractivity contribution in [3.63, 3.8) is 0 Å². The molecule has 1 aromatic rings. The number of benzene rings is 1. The summed E-state index contributed by atoms with van der Waals surface area (Å²) in [5.74, 6) is 0. The van der Waals surface area contributed by atoms with E-state index in [1.54, 1.807) is 0 Å². The van der Waals surface area contributed by atoms with E-state index in [-0.39, 0.29) is 17.6 Å². The summed E-state index contributed by atoms with van der Waals surface area (Å²) in [6, 6.07) is 5.62. The maximum absolute atomic E-state index is 10.3. The van der Waals surface area contributed by atoms with Crippen LogP contribution in [0.1, 0.15) is 24.8 Å². The van der Waals surface area contributed by atoms with E-state index in [1.807, 2.05) is 18.2 Å². The number of halogens is 2. The summed E-state index contributed by atoms with van der Waals surface area (Å²) in [6.07, 6.45) is 2.50. The number of aliphatic hydroxyl groups excluding tert-OH is 1. The van der Waals surface area contributed by atoms with Crippen LogP contribution in [0.4, 0.5) is 0 Å². The molecule has 1 aromatic carbocycles. The highest BCUT2D eigenvalue weighted by Gasteiger charge is 2.56. The normalized spacial score (nSPS) is 27.1. The van der Waals surface area contributed by atoms with Gasteiger partial charge in [0.05, 0.1) is 18.8 Å². The second kappa shape index (κ2) is 7.26. The van der Waals surface area contributed by atoms with Crippen LogP contribution in [0.3, 0.4) is 0 Å². The highest BCUT2D eigenvalue weighted by atomic mass is 35.5. The van der Waals surface area contributed by atoms with Gasteiger partial charge in [-0.2, -0.15) is 0 Å². The number of hydrogen-bond donors (Lipinski definition) is 2. The Balaban J connectivity index is 1.60. The standard InChI is InChI=1S/C17H24Cl2N2O2/c18-13-2-1-3-14(19)12(13)11-21-7-4-17(5-8-21)15(22)10-16(17)23-9-6-20/h1-3,15-16,22H,4-11,20H2/t15-,16+/m1/s1. The molecule has 1 heterocycles. The van der Waals surface area contributed by atoms with Crippen LogP contribution in [-0.4, -0.2) is 48.5 Å². The Morgan fingerprint density at radius 1 is 1.26 bits per heavy atom. The van der Waals surface area contributed by atoms with Gasteiger partial charge in [-0.15, -0.1) is 0 Å². The van der Waals surface area contributed by atoms with Crippen molar-refractivity contribution in [3.8, 4) is 0 Å². The van der Waals surface area contributed by atoms with Crippen molar-refractivity contribution in [1.82, 2.24) is 4.90 Å². The molecule has 1 spiro atoms. The molecule has 1 aliphatic heterocycles. The first-order chi connectivity index (χ1) is 11.1. The zero-order valence-corrected chi connectivity index (χ0v) is 14.7. The summed E-state index contributed by atoms with van der Waals surface area (Å²) in [5.41, 5.74) is 6.42. The third kappa shape index (κ3) is 3.39. The minimum Gasteiger partial charge on any atom is -0.392 e. The highest BCUT2D eigenvalue weighted by Crippen LogP contribution is 2.51. The van der Waals surface area contributed by atoms with Gasteiger partial charge >= 0.3 is 0 Å². The third-order valence-electron chi connectivity index (χ3n) is 5.41.